The molecule has 0 N–H and O–H groups in total. The van der Waals surface area contributed by atoms with Crippen molar-refractivity contribution in [3.8, 4) is 0 Å². The Bertz CT molecular complexity index is 913. The highest BCUT2D eigenvalue weighted by molar-refractivity contribution is 6.30. The van der Waals surface area contributed by atoms with Gasteiger partial charge in [0.25, 0.3) is 5.91 Å². The van der Waals surface area contributed by atoms with E-state index in [-0.39, 0.29) is 11.1 Å². The van der Waals surface area contributed by atoms with Gasteiger partial charge < -0.3 is 9.64 Å². The molecule has 4 nitrogen and oxygen atoms in total. The SMILES string of the molecule is C=C(C(=O)OC)[C@@H](c1cccc(Cl)c1)[C@]1(F)C(=O)N(C)c2ccccc21. The molecule has 2 atom stereocenters. The smallest absolute Gasteiger partial charge is 0.333 e. The molecule has 134 valence electrons. The molecule has 2 aromatic carbocycles. The molecular formula is C20H17ClFNO3. The molecular weight excluding hydrogens is 357 g/mol. The number of para-hydroxylation sites is 1. The van der Waals surface area contributed by atoms with Gasteiger partial charge >= 0.3 is 5.97 Å². The lowest BCUT2D eigenvalue weighted by atomic mass is 9.75. The molecule has 0 radical (unpaired) electrons. The predicted octanol–water partition coefficient (Wildman–Crippen LogP) is 3.99. The Labute approximate surface area is 155 Å². The van der Waals surface area contributed by atoms with Crippen LogP contribution in [0.4, 0.5) is 10.1 Å². The Balaban J connectivity index is 2.26. The number of esters is 1. The number of rotatable bonds is 4. The van der Waals surface area contributed by atoms with Crippen molar-refractivity contribution in [2.45, 2.75) is 11.6 Å². The highest BCUT2D eigenvalue weighted by atomic mass is 35.5. The number of carbonyl (C=O) groups is 2. The van der Waals surface area contributed by atoms with Gasteiger partial charge in [0.05, 0.1) is 18.7 Å². The first-order chi connectivity index (χ1) is 12.3. The van der Waals surface area contributed by atoms with E-state index in [4.69, 9.17) is 16.3 Å². The summed E-state index contributed by atoms with van der Waals surface area (Å²) < 4.78 is 21.2. The van der Waals surface area contributed by atoms with E-state index in [9.17, 15) is 9.59 Å². The van der Waals surface area contributed by atoms with Crippen molar-refractivity contribution < 1.29 is 18.7 Å². The lowest BCUT2D eigenvalue weighted by Crippen LogP contribution is -2.41. The number of fused-ring (bicyclic) bond motifs is 1. The first-order valence-corrected chi connectivity index (χ1v) is 8.29. The summed E-state index contributed by atoms with van der Waals surface area (Å²) in [6.45, 7) is 3.73. The summed E-state index contributed by atoms with van der Waals surface area (Å²) in [6.07, 6.45) is 0. The second-order valence-corrected chi connectivity index (χ2v) is 6.53. The third-order valence-corrected chi connectivity index (χ3v) is 4.88. The minimum atomic E-state index is -2.50. The quantitative estimate of drug-likeness (QED) is 0.601. The molecule has 0 spiro atoms. The van der Waals surface area contributed by atoms with Crippen LogP contribution >= 0.6 is 11.6 Å². The van der Waals surface area contributed by atoms with E-state index < -0.39 is 23.5 Å². The number of nitrogens with zero attached hydrogens (tertiary/aromatic N) is 1. The topological polar surface area (TPSA) is 46.6 Å². The van der Waals surface area contributed by atoms with Crippen molar-refractivity contribution in [1.29, 1.82) is 0 Å². The molecule has 0 aromatic heterocycles. The van der Waals surface area contributed by atoms with Crippen LogP contribution in [0.2, 0.25) is 5.02 Å². The first-order valence-electron chi connectivity index (χ1n) is 7.91. The van der Waals surface area contributed by atoms with Gasteiger partial charge in [-0.1, -0.05) is 48.5 Å². The van der Waals surface area contributed by atoms with Crippen LogP contribution in [-0.2, 0) is 20.0 Å². The number of ether oxygens (including phenoxy) is 1. The normalized spacial score (nSPS) is 19.8. The predicted molar refractivity (Wildman–Crippen MR) is 98.0 cm³/mol. The van der Waals surface area contributed by atoms with E-state index >= 15 is 4.39 Å². The zero-order valence-electron chi connectivity index (χ0n) is 14.3. The van der Waals surface area contributed by atoms with Crippen molar-refractivity contribution in [2.24, 2.45) is 0 Å². The zero-order chi connectivity index (χ0) is 19.1. The number of halogens is 2. The van der Waals surface area contributed by atoms with Crippen molar-refractivity contribution in [3.63, 3.8) is 0 Å². The first kappa shape index (κ1) is 18.1. The van der Waals surface area contributed by atoms with Gasteiger partial charge in [-0.15, -0.1) is 0 Å². The number of alkyl halides is 1. The van der Waals surface area contributed by atoms with Gasteiger partial charge in [-0.05, 0) is 23.8 Å². The van der Waals surface area contributed by atoms with Gasteiger partial charge in [0.15, 0.2) is 0 Å². The highest BCUT2D eigenvalue weighted by Crippen LogP contribution is 2.53. The van der Waals surface area contributed by atoms with E-state index in [1.165, 1.54) is 25.1 Å². The van der Waals surface area contributed by atoms with Crippen LogP contribution in [0.25, 0.3) is 0 Å². The fourth-order valence-corrected chi connectivity index (χ4v) is 3.63. The molecule has 26 heavy (non-hydrogen) atoms. The van der Waals surface area contributed by atoms with Crippen LogP contribution in [0.15, 0.2) is 60.7 Å². The van der Waals surface area contributed by atoms with Crippen molar-refractivity contribution in [1.82, 2.24) is 0 Å². The number of hydrogen-bond acceptors (Lipinski definition) is 3. The highest BCUT2D eigenvalue weighted by Gasteiger charge is 2.58. The Morgan fingerprint density at radius 3 is 2.62 bits per heavy atom. The fourth-order valence-electron chi connectivity index (χ4n) is 3.43. The third kappa shape index (κ3) is 2.59. The molecule has 1 amide bonds. The Kier molecular flexibility index (Phi) is 4.59. The zero-order valence-corrected chi connectivity index (χ0v) is 15.1. The Hall–Kier alpha value is -2.66. The van der Waals surface area contributed by atoms with E-state index in [0.29, 0.717) is 16.3 Å². The second kappa shape index (κ2) is 6.57. The molecule has 3 rings (SSSR count). The maximum Gasteiger partial charge on any atom is 0.333 e. The van der Waals surface area contributed by atoms with Crippen LogP contribution in [0.3, 0.4) is 0 Å². The van der Waals surface area contributed by atoms with E-state index in [1.807, 2.05) is 0 Å². The molecule has 6 heteroatoms. The van der Waals surface area contributed by atoms with E-state index in [0.717, 1.165) is 0 Å². The fraction of sp³-hybridized carbons (Fsp3) is 0.200. The number of likely N-dealkylation sites (N-methyl/N-ethyl adjacent to an activating group) is 1. The molecule has 0 aliphatic carbocycles. The molecule has 0 bridgehead atoms. The Morgan fingerprint density at radius 2 is 1.96 bits per heavy atom. The minimum Gasteiger partial charge on any atom is -0.466 e. The van der Waals surface area contributed by atoms with Gasteiger partial charge in [-0.3, -0.25) is 4.79 Å². The van der Waals surface area contributed by atoms with Crippen LogP contribution in [0, 0.1) is 0 Å². The average Bonchev–Trinajstić information content (AvgIpc) is 2.84. The van der Waals surface area contributed by atoms with Gasteiger partial charge in [0.1, 0.15) is 0 Å². The number of anilines is 1. The number of hydrogen-bond donors (Lipinski definition) is 0. The number of benzene rings is 2. The molecule has 0 fully saturated rings. The summed E-state index contributed by atoms with van der Waals surface area (Å²) >= 11 is 6.06. The summed E-state index contributed by atoms with van der Waals surface area (Å²) in [4.78, 5) is 26.3. The van der Waals surface area contributed by atoms with E-state index in [2.05, 4.69) is 6.58 Å². The lowest BCUT2D eigenvalue weighted by Gasteiger charge is -2.30. The number of methoxy groups -OCH3 is 1. The standard InChI is InChI=1S/C20H17ClFNO3/c1-12(18(24)26-3)17(13-7-6-8-14(21)11-13)20(22)15-9-4-5-10-16(15)23(2)19(20)25/h4-11,17H,1H2,2-3H3/t17-,20-/m0/s1. The second-order valence-electron chi connectivity index (χ2n) is 6.10. The lowest BCUT2D eigenvalue weighted by molar-refractivity contribution is -0.137. The molecule has 0 saturated heterocycles. The average molecular weight is 374 g/mol. The summed E-state index contributed by atoms with van der Waals surface area (Å²) in [5, 5.41) is 0.362. The third-order valence-electron chi connectivity index (χ3n) is 4.65. The van der Waals surface area contributed by atoms with Crippen LogP contribution in [-0.4, -0.2) is 26.0 Å². The van der Waals surface area contributed by atoms with Crippen LogP contribution in [0.1, 0.15) is 17.0 Å². The van der Waals surface area contributed by atoms with E-state index in [1.54, 1.807) is 42.5 Å². The van der Waals surface area contributed by atoms with Gasteiger partial charge in [-0.25, -0.2) is 9.18 Å². The van der Waals surface area contributed by atoms with Crippen molar-refractivity contribution >= 4 is 29.2 Å². The largest absolute Gasteiger partial charge is 0.466 e. The van der Waals surface area contributed by atoms with Gasteiger partial charge in [0, 0.05) is 23.2 Å². The summed E-state index contributed by atoms with van der Waals surface area (Å²) in [7, 11) is 2.68. The molecule has 1 aliphatic heterocycles. The molecule has 2 aromatic rings. The van der Waals surface area contributed by atoms with Gasteiger partial charge in [-0.2, -0.15) is 0 Å². The number of carbonyl (C=O) groups excluding carboxylic acids is 2. The molecule has 0 saturated carbocycles. The number of amides is 1. The summed E-state index contributed by atoms with van der Waals surface area (Å²) in [6, 6.07) is 13.0. The summed E-state index contributed by atoms with van der Waals surface area (Å²) in [5.74, 6) is -2.83. The maximum atomic E-state index is 16.5. The van der Waals surface area contributed by atoms with Crippen LogP contribution < -0.4 is 4.90 Å². The van der Waals surface area contributed by atoms with Crippen molar-refractivity contribution in [2.75, 3.05) is 19.1 Å². The monoisotopic (exact) mass is 373 g/mol. The molecule has 1 aliphatic rings. The summed E-state index contributed by atoms with van der Waals surface area (Å²) in [5.41, 5.74) is -1.65. The molecule has 1 heterocycles. The maximum absolute atomic E-state index is 16.5. The Morgan fingerprint density at radius 1 is 1.27 bits per heavy atom. The van der Waals surface area contributed by atoms with Gasteiger partial charge in [0.2, 0.25) is 5.67 Å². The molecule has 0 unspecified atom stereocenters. The van der Waals surface area contributed by atoms with Crippen LogP contribution in [0.5, 0.6) is 0 Å². The minimum absolute atomic E-state index is 0.157. The van der Waals surface area contributed by atoms with Crippen molar-refractivity contribution in [3.05, 3.63) is 76.8 Å².